The van der Waals surface area contributed by atoms with E-state index >= 15 is 0 Å². The zero-order chi connectivity index (χ0) is 21.7. The van der Waals surface area contributed by atoms with Gasteiger partial charge in [0.05, 0.1) is 12.2 Å². The summed E-state index contributed by atoms with van der Waals surface area (Å²) in [5, 5.41) is 14.8. The lowest BCUT2D eigenvalue weighted by Gasteiger charge is -2.34. The Balaban J connectivity index is 1.77. The van der Waals surface area contributed by atoms with Crippen LogP contribution in [0.15, 0.2) is 65.8 Å². The fourth-order valence-corrected chi connectivity index (χ4v) is 4.28. The fraction of sp³-hybridized carbons (Fsp3) is 0.174. The molecule has 3 heterocycles. The van der Waals surface area contributed by atoms with E-state index in [0.717, 1.165) is 23.4 Å². The summed E-state index contributed by atoms with van der Waals surface area (Å²) in [6.07, 6.45) is 4.35. The van der Waals surface area contributed by atoms with Crippen molar-refractivity contribution in [2.45, 2.75) is 25.4 Å². The number of fused-ring (bicyclic) bond motifs is 3. The first kappa shape index (κ1) is 19.2. The topological polar surface area (TPSA) is 72.9 Å². The number of rotatable bonds is 3. The van der Waals surface area contributed by atoms with E-state index in [9.17, 15) is 18.7 Å². The molecule has 1 aliphatic heterocycles. The minimum Gasteiger partial charge on any atom is -0.503 e. The Kier molecular flexibility index (Phi) is 4.43. The van der Waals surface area contributed by atoms with Crippen LogP contribution < -0.4 is 5.43 Å². The highest BCUT2D eigenvalue weighted by Crippen LogP contribution is 2.42. The maximum absolute atomic E-state index is 14.2. The smallest absolute Gasteiger partial charge is 0.242 e. The lowest BCUT2D eigenvalue weighted by atomic mass is 9.83. The molecule has 156 valence electrons. The van der Waals surface area contributed by atoms with Gasteiger partial charge in [-0.25, -0.2) is 13.8 Å². The summed E-state index contributed by atoms with van der Waals surface area (Å²) in [6.45, 7) is 2.34. The molecule has 2 aromatic heterocycles. The summed E-state index contributed by atoms with van der Waals surface area (Å²) in [5.41, 5.74) is 1.87. The van der Waals surface area contributed by atoms with Crippen molar-refractivity contribution in [3.05, 3.63) is 99.6 Å². The minimum absolute atomic E-state index is 0.183. The Hall–Kier alpha value is -3.81. The average Bonchev–Trinajstić information content (AvgIpc) is 3.20. The van der Waals surface area contributed by atoms with Gasteiger partial charge in [-0.1, -0.05) is 29.8 Å². The maximum Gasteiger partial charge on any atom is 0.242 e. The molecule has 2 aromatic carbocycles. The Labute approximate surface area is 176 Å². The zero-order valence-electron chi connectivity index (χ0n) is 16.5. The first-order chi connectivity index (χ1) is 14.9. The van der Waals surface area contributed by atoms with E-state index in [2.05, 4.69) is 10.1 Å². The summed E-state index contributed by atoms with van der Waals surface area (Å²) in [6, 6.07) is 10.6. The van der Waals surface area contributed by atoms with Crippen LogP contribution in [-0.4, -0.2) is 24.4 Å². The van der Waals surface area contributed by atoms with E-state index in [1.54, 1.807) is 17.0 Å². The summed E-state index contributed by atoms with van der Waals surface area (Å²) in [5.74, 6) is -1.91. The van der Waals surface area contributed by atoms with Crippen LogP contribution in [0.3, 0.4) is 0 Å². The van der Waals surface area contributed by atoms with Crippen LogP contribution in [0.5, 0.6) is 5.75 Å². The molecular weight excluding hydrogens is 402 g/mol. The summed E-state index contributed by atoms with van der Waals surface area (Å²) in [7, 11) is 0. The van der Waals surface area contributed by atoms with Gasteiger partial charge in [0.25, 0.3) is 0 Å². The Morgan fingerprint density at radius 2 is 1.81 bits per heavy atom. The molecule has 0 fully saturated rings. The predicted octanol–water partition coefficient (Wildman–Crippen LogP) is 3.79. The van der Waals surface area contributed by atoms with Crippen LogP contribution in [0, 0.1) is 18.6 Å². The third kappa shape index (κ3) is 3.20. The van der Waals surface area contributed by atoms with E-state index in [4.69, 9.17) is 0 Å². The third-order valence-electron chi connectivity index (χ3n) is 5.68. The highest BCUT2D eigenvalue weighted by Gasteiger charge is 2.36. The molecule has 1 aliphatic rings. The molecule has 6 nitrogen and oxygen atoms in total. The number of nitrogens with zero attached hydrogens (tertiary/aromatic N) is 4. The first-order valence-electron chi connectivity index (χ1n) is 9.77. The van der Waals surface area contributed by atoms with Gasteiger partial charge in [0.2, 0.25) is 5.43 Å². The summed E-state index contributed by atoms with van der Waals surface area (Å²) < 4.78 is 31.7. The molecule has 0 aliphatic carbocycles. The van der Waals surface area contributed by atoms with Crippen LogP contribution in [0.4, 0.5) is 8.78 Å². The summed E-state index contributed by atoms with van der Waals surface area (Å²) >= 11 is 0. The van der Waals surface area contributed by atoms with Gasteiger partial charge in [-0.15, -0.1) is 0 Å². The number of benzene rings is 2. The molecule has 0 spiro atoms. The first-order valence-corrected chi connectivity index (χ1v) is 9.77. The van der Waals surface area contributed by atoms with E-state index in [0.29, 0.717) is 17.9 Å². The van der Waals surface area contributed by atoms with E-state index in [1.165, 1.54) is 16.8 Å². The molecule has 31 heavy (non-hydrogen) atoms. The molecule has 0 unspecified atom stereocenters. The SMILES string of the molecule is Cc1ccc([C@@H](c2cc(F)cc(F)c2)[C@H]2Cn3ccnc3-c3c(O)c(=O)cnn32)cc1. The molecule has 8 heteroatoms. The van der Waals surface area contributed by atoms with Gasteiger partial charge in [0.1, 0.15) is 17.3 Å². The van der Waals surface area contributed by atoms with Crippen molar-refractivity contribution in [3.63, 3.8) is 0 Å². The number of halogens is 2. The van der Waals surface area contributed by atoms with Gasteiger partial charge < -0.3 is 9.67 Å². The van der Waals surface area contributed by atoms with Crippen LogP contribution in [0.25, 0.3) is 11.5 Å². The van der Waals surface area contributed by atoms with Gasteiger partial charge in [-0.3, -0.25) is 9.48 Å². The number of aromatic hydroxyl groups is 1. The van der Waals surface area contributed by atoms with Crippen LogP contribution >= 0.6 is 0 Å². The van der Waals surface area contributed by atoms with Crippen molar-refractivity contribution >= 4 is 0 Å². The average molecular weight is 420 g/mol. The summed E-state index contributed by atoms with van der Waals surface area (Å²) in [4.78, 5) is 16.4. The highest BCUT2D eigenvalue weighted by atomic mass is 19.1. The zero-order valence-corrected chi connectivity index (χ0v) is 16.5. The van der Waals surface area contributed by atoms with Crippen molar-refractivity contribution < 1.29 is 13.9 Å². The Morgan fingerprint density at radius 1 is 1.10 bits per heavy atom. The molecule has 2 atom stereocenters. The van der Waals surface area contributed by atoms with Crippen molar-refractivity contribution in [3.8, 4) is 17.3 Å². The standard InChI is InChI=1S/C23H18F2N4O2/c1-13-2-4-14(5-3-13)20(15-8-16(24)10-17(25)9-15)18-12-28-7-6-26-23(28)21-22(31)19(30)11-27-29(18)21/h2-11,18,20,31H,12H2,1H3/t18-,20+/m1/s1. The molecule has 0 saturated carbocycles. The predicted molar refractivity (Wildman–Crippen MR) is 110 cm³/mol. The molecule has 5 rings (SSSR count). The Bertz CT molecular complexity index is 1320. The number of aryl methyl sites for hydroxylation is 1. The van der Waals surface area contributed by atoms with Crippen molar-refractivity contribution in [2.75, 3.05) is 0 Å². The van der Waals surface area contributed by atoms with Crippen molar-refractivity contribution in [2.24, 2.45) is 0 Å². The van der Waals surface area contributed by atoms with Gasteiger partial charge in [-0.2, -0.15) is 5.10 Å². The number of imidazole rings is 1. The normalized spacial score (nSPS) is 15.9. The minimum atomic E-state index is -0.679. The lowest BCUT2D eigenvalue weighted by Crippen LogP contribution is -2.32. The fourth-order valence-electron chi connectivity index (χ4n) is 4.28. The molecule has 0 amide bonds. The highest BCUT2D eigenvalue weighted by molar-refractivity contribution is 5.60. The van der Waals surface area contributed by atoms with Crippen LogP contribution in [-0.2, 0) is 6.54 Å². The number of hydrogen-bond acceptors (Lipinski definition) is 4. The van der Waals surface area contributed by atoms with Crippen LogP contribution in [0.2, 0.25) is 0 Å². The largest absolute Gasteiger partial charge is 0.503 e. The third-order valence-corrected chi connectivity index (χ3v) is 5.68. The van der Waals surface area contributed by atoms with Gasteiger partial charge >= 0.3 is 0 Å². The van der Waals surface area contributed by atoms with Gasteiger partial charge in [0.15, 0.2) is 11.6 Å². The molecule has 4 aromatic rings. The van der Waals surface area contributed by atoms with Gasteiger partial charge in [0, 0.05) is 30.9 Å². The second-order valence-corrected chi connectivity index (χ2v) is 7.71. The number of aromatic nitrogens is 4. The van der Waals surface area contributed by atoms with E-state index < -0.39 is 34.8 Å². The second-order valence-electron chi connectivity index (χ2n) is 7.71. The monoisotopic (exact) mass is 420 g/mol. The number of hydrogen-bond donors (Lipinski definition) is 1. The van der Waals surface area contributed by atoms with E-state index in [1.807, 2.05) is 31.2 Å². The quantitative estimate of drug-likeness (QED) is 0.547. The second kappa shape index (κ2) is 7.16. The molecular formula is C23H18F2N4O2. The Morgan fingerprint density at radius 3 is 2.52 bits per heavy atom. The van der Waals surface area contributed by atoms with Crippen molar-refractivity contribution in [1.29, 1.82) is 0 Å². The molecule has 0 bridgehead atoms. The van der Waals surface area contributed by atoms with Crippen molar-refractivity contribution in [1.82, 2.24) is 19.3 Å². The van der Waals surface area contributed by atoms with Crippen LogP contribution in [0.1, 0.15) is 28.7 Å². The van der Waals surface area contributed by atoms with Gasteiger partial charge in [-0.05, 0) is 30.2 Å². The lowest BCUT2D eigenvalue weighted by molar-refractivity contribution is 0.330. The van der Waals surface area contributed by atoms with E-state index in [-0.39, 0.29) is 5.69 Å². The molecule has 0 radical (unpaired) electrons. The maximum atomic E-state index is 14.2. The molecule has 1 N–H and O–H groups in total. The molecule has 0 saturated heterocycles.